The zero-order valence-electron chi connectivity index (χ0n) is 15.5. The molecule has 144 valence electrons. The first kappa shape index (κ1) is 19.4. The number of ether oxygens (including phenoxy) is 2. The lowest BCUT2D eigenvalue weighted by Gasteiger charge is -2.23. The van der Waals surface area contributed by atoms with Crippen LogP contribution in [0, 0.1) is 6.92 Å². The lowest BCUT2D eigenvalue weighted by atomic mass is 10.1. The average molecular weight is 400 g/mol. The number of carbonyl (C=O) groups is 2. The summed E-state index contributed by atoms with van der Waals surface area (Å²) in [6.07, 6.45) is 10.0. The Bertz CT molecular complexity index is 1020. The van der Waals surface area contributed by atoms with Crippen LogP contribution in [0.1, 0.15) is 5.56 Å². The van der Waals surface area contributed by atoms with E-state index in [9.17, 15) is 9.59 Å². The minimum absolute atomic E-state index is 0.0260. The largest absolute Gasteiger partial charge is 0.465 e. The second kappa shape index (κ2) is 8.14. The molecule has 1 aliphatic rings. The normalized spacial score (nSPS) is 13.5. The molecule has 0 atom stereocenters. The number of anilines is 1. The van der Waals surface area contributed by atoms with E-state index in [0.717, 1.165) is 5.56 Å². The minimum atomic E-state index is -0.681. The van der Waals surface area contributed by atoms with E-state index in [2.05, 4.69) is 5.10 Å². The lowest BCUT2D eigenvalue weighted by molar-refractivity contribution is -0.139. The van der Waals surface area contributed by atoms with E-state index in [-0.39, 0.29) is 11.3 Å². The highest BCUT2D eigenvalue weighted by Crippen LogP contribution is 2.31. The maximum atomic E-state index is 12.5. The number of aryl methyl sites for hydroxylation is 1. The second-order valence-electron chi connectivity index (χ2n) is 5.91. The number of hydrogen-bond acceptors (Lipinski definition) is 6. The van der Waals surface area contributed by atoms with Crippen LogP contribution in [0.2, 0.25) is 5.02 Å². The Kier molecular flexibility index (Phi) is 5.65. The molecule has 7 nitrogen and oxygen atoms in total. The first-order chi connectivity index (χ1) is 13.5. The number of carbonyl (C=O) groups excluding carboxylic acids is 2. The third-order valence-corrected chi connectivity index (χ3v) is 4.36. The predicted molar refractivity (Wildman–Crippen MR) is 105 cm³/mol. The molecule has 1 aliphatic heterocycles. The number of aromatic nitrogens is 2. The molecule has 0 fully saturated rings. The Balaban J connectivity index is 2.11. The molecule has 0 spiro atoms. The quantitative estimate of drug-likeness (QED) is 0.734. The third kappa shape index (κ3) is 3.70. The topological polar surface area (TPSA) is 73.7 Å². The van der Waals surface area contributed by atoms with Crippen LogP contribution in [0.25, 0.3) is 5.69 Å². The second-order valence-corrected chi connectivity index (χ2v) is 6.32. The summed E-state index contributed by atoms with van der Waals surface area (Å²) in [5.41, 5.74) is 2.35. The maximum absolute atomic E-state index is 12.5. The van der Waals surface area contributed by atoms with E-state index in [4.69, 9.17) is 21.1 Å². The lowest BCUT2D eigenvalue weighted by Crippen LogP contribution is -2.27. The number of rotatable bonds is 4. The molecular formula is C20H18ClN3O4. The van der Waals surface area contributed by atoms with E-state index in [1.165, 1.54) is 25.2 Å². The number of allylic oxidation sites excluding steroid dienone is 2. The molecule has 0 bridgehead atoms. The molecule has 28 heavy (non-hydrogen) atoms. The Labute approximate surface area is 167 Å². The van der Waals surface area contributed by atoms with Gasteiger partial charge in [-0.25, -0.2) is 14.3 Å². The van der Waals surface area contributed by atoms with Crippen molar-refractivity contribution in [3.05, 3.63) is 76.9 Å². The number of methoxy groups -OCH3 is 2. The van der Waals surface area contributed by atoms with Crippen LogP contribution in [-0.2, 0) is 19.1 Å². The van der Waals surface area contributed by atoms with Crippen molar-refractivity contribution in [2.45, 2.75) is 6.92 Å². The SMILES string of the molecule is COC(=O)C1=C(C(=O)OC)N(c2ccc(-n3cc(C)cn3)c(Cl)c2)C=CC=C1. The molecule has 2 heterocycles. The fraction of sp³-hybridized carbons (Fsp3) is 0.150. The van der Waals surface area contributed by atoms with Gasteiger partial charge in [-0.05, 0) is 42.8 Å². The van der Waals surface area contributed by atoms with Crippen molar-refractivity contribution in [2.24, 2.45) is 0 Å². The van der Waals surface area contributed by atoms with Crippen LogP contribution in [0.5, 0.6) is 0 Å². The Morgan fingerprint density at radius 1 is 1.11 bits per heavy atom. The summed E-state index contributed by atoms with van der Waals surface area (Å²) in [7, 11) is 2.50. The Morgan fingerprint density at radius 3 is 2.46 bits per heavy atom. The third-order valence-electron chi connectivity index (χ3n) is 4.06. The van der Waals surface area contributed by atoms with Gasteiger partial charge in [-0.3, -0.25) is 0 Å². The van der Waals surface area contributed by atoms with Gasteiger partial charge in [0.15, 0.2) is 0 Å². The van der Waals surface area contributed by atoms with Crippen molar-refractivity contribution in [1.29, 1.82) is 0 Å². The van der Waals surface area contributed by atoms with Crippen LogP contribution in [0.15, 0.2) is 66.3 Å². The number of esters is 2. The average Bonchev–Trinajstić information content (AvgIpc) is 3.00. The van der Waals surface area contributed by atoms with Crippen molar-refractivity contribution < 1.29 is 19.1 Å². The molecule has 0 radical (unpaired) electrons. The minimum Gasteiger partial charge on any atom is -0.465 e. The molecule has 0 unspecified atom stereocenters. The standard InChI is InChI=1S/C20H18ClN3O4/c1-13-11-22-24(12-13)17-8-7-14(10-16(17)21)23-9-5-4-6-15(19(25)27-2)18(23)20(26)28-3/h4-12H,1-3H3. The highest BCUT2D eigenvalue weighted by molar-refractivity contribution is 6.32. The summed E-state index contributed by atoms with van der Waals surface area (Å²) in [5.74, 6) is -1.33. The van der Waals surface area contributed by atoms with E-state index in [1.807, 2.05) is 13.1 Å². The van der Waals surface area contributed by atoms with Crippen molar-refractivity contribution in [2.75, 3.05) is 19.1 Å². The summed E-state index contributed by atoms with van der Waals surface area (Å²) < 4.78 is 11.4. The van der Waals surface area contributed by atoms with Crippen molar-refractivity contribution in [3.63, 3.8) is 0 Å². The van der Waals surface area contributed by atoms with Crippen LogP contribution in [-0.4, -0.2) is 35.9 Å². The van der Waals surface area contributed by atoms with E-state index < -0.39 is 11.9 Å². The van der Waals surface area contributed by atoms with E-state index in [1.54, 1.807) is 47.4 Å². The summed E-state index contributed by atoms with van der Waals surface area (Å²) in [6, 6.07) is 5.23. The zero-order valence-corrected chi connectivity index (χ0v) is 16.3. The molecule has 0 amide bonds. The summed E-state index contributed by atoms with van der Waals surface area (Å²) in [5, 5.41) is 4.68. The first-order valence-corrected chi connectivity index (χ1v) is 8.70. The van der Waals surface area contributed by atoms with Crippen molar-refractivity contribution in [1.82, 2.24) is 9.78 Å². The van der Waals surface area contributed by atoms with Gasteiger partial charge >= 0.3 is 11.9 Å². The van der Waals surface area contributed by atoms with Gasteiger partial charge in [0.05, 0.1) is 36.7 Å². The predicted octanol–water partition coefficient (Wildman–Crippen LogP) is 3.32. The van der Waals surface area contributed by atoms with Gasteiger partial charge in [0.1, 0.15) is 5.70 Å². The number of hydrogen-bond donors (Lipinski definition) is 0. The van der Waals surface area contributed by atoms with Crippen molar-refractivity contribution in [3.8, 4) is 5.69 Å². The van der Waals surface area contributed by atoms with Crippen LogP contribution in [0.4, 0.5) is 5.69 Å². The van der Waals surface area contributed by atoms with Gasteiger partial charge in [0, 0.05) is 18.1 Å². The molecule has 0 aliphatic carbocycles. The molecule has 3 rings (SSSR count). The van der Waals surface area contributed by atoms with Gasteiger partial charge < -0.3 is 14.4 Å². The number of halogens is 1. The highest BCUT2D eigenvalue weighted by atomic mass is 35.5. The van der Waals surface area contributed by atoms with Gasteiger partial charge in [-0.15, -0.1) is 0 Å². The van der Waals surface area contributed by atoms with Gasteiger partial charge in [0.2, 0.25) is 0 Å². The van der Waals surface area contributed by atoms with Crippen LogP contribution in [0.3, 0.4) is 0 Å². The molecule has 0 saturated carbocycles. The molecule has 0 saturated heterocycles. The molecule has 8 heteroatoms. The summed E-state index contributed by atoms with van der Waals surface area (Å²) in [4.78, 5) is 26.2. The number of nitrogens with zero attached hydrogens (tertiary/aromatic N) is 3. The van der Waals surface area contributed by atoms with Crippen molar-refractivity contribution >= 4 is 29.2 Å². The van der Waals surface area contributed by atoms with E-state index in [0.29, 0.717) is 16.4 Å². The van der Waals surface area contributed by atoms with Crippen LogP contribution >= 0.6 is 11.6 Å². The molecule has 1 aromatic heterocycles. The zero-order chi connectivity index (χ0) is 20.3. The molecular weight excluding hydrogens is 382 g/mol. The highest BCUT2D eigenvalue weighted by Gasteiger charge is 2.27. The van der Waals surface area contributed by atoms with E-state index >= 15 is 0 Å². The fourth-order valence-corrected chi connectivity index (χ4v) is 3.00. The van der Waals surface area contributed by atoms with Gasteiger partial charge in [0.25, 0.3) is 0 Å². The monoisotopic (exact) mass is 399 g/mol. The fourth-order valence-electron chi connectivity index (χ4n) is 2.74. The Morgan fingerprint density at radius 2 is 1.86 bits per heavy atom. The number of benzene rings is 1. The smallest absolute Gasteiger partial charge is 0.355 e. The summed E-state index contributed by atoms with van der Waals surface area (Å²) >= 11 is 6.47. The molecule has 1 aromatic carbocycles. The van der Waals surface area contributed by atoms with Gasteiger partial charge in [-0.1, -0.05) is 17.7 Å². The van der Waals surface area contributed by atoms with Crippen LogP contribution < -0.4 is 4.90 Å². The summed E-state index contributed by atoms with van der Waals surface area (Å²) in [6.45, 7) is 1.93. The first-order valence-electron chi connectivity index (χ1n) is 8.32. The molecule has 0 N–H and O–H groups in total. The Hall–Kier alpha value is -3.32. The molecule has 2 aromatic rings. The van der Waals surface area contributed by atoms with Gasteiger partial charge in [-0.2, -0.15) is 5.10 Å². The maximum Gasteiger partial charge on any atom is 0.355 e.